The molecule has 148 valence electrons. The van der Waals surface area contributed by atoms with Crippen LogP contribution in [0.3, 0.4) is 0 Å². The Bertz CT molecular complexity index is 765. The fraction of sp³-hybridized carbons (Fsp3) is 0.286. The number of nitrogens with one attached hydrogen (secondary N) is 1. The summed E-state index contributed by atoms with van der Waals surface area (Å²) in [6.45, 7) is 0.713. The number of methoxy groups -OCH3 is 1. The molecule has 0 aliphatic rings. The van der Waals surface area contributed by atoms with E-state index >= 15 is 0 Å². The maximum absolute atomic E-state index is 12.4. The number of nitrogens with zero attached hydrogens (tertiary/aromatic N) is 1. The molecule has 0 spiro atoms. The van der Waals surface area contributed by atoms with Crippen LogP contribution in [0.1, 0.15) is 22.3 Å². The molecule has 0 unspecified atom stereocenters. The van der Waals surface area contributed by atoms with Crippen molar-refractivity contribution in [3.05, 3.63) is 71.8 Å². The predicted octanol–water partition coefficient (Wildman–Crippen LogP) is 2.62. The summed E-state index contributed by atoms with van der Waals surface area (Å²) in [7, 11) is 1.29. The van der Waals surface area contributed by atoms with Gasteiger partial charge in [-0.25, -0.2) is 4.79 Å². The third-order valence-corrected chi connectivity index (χ3v) is 3.98. The van der Waals surface area contributed by atoms with Gasteiger partial charge in [0.15, 0.2) is 0 Å². The smallest absolute Gasteiger partial charge is 0.410 e. The van der Waals surface area contributed by atoms with Crippen molar-refractivity contribution in [3.63, 3.8) is 0 Å². The third kappa shape index (κ3) is 7.11. The fourth-order valence-electron chi connectivity index (χ4n) is 2.43. The summed E-state index contributed by atoms with van der Waals surface area (Å²) in [4.78, 5) is 37.3. The first-order valence-corrected chi connectivity index (χ1v) is 8.96. The molecule has 0 atom stereocenters. The molecule has 2 aromatic carbocycles. The molecule has 0 fully saturated rings. The number of rotatable bonds is 9. The van der Waals surface area contributed by atoms with Gasteiger partial charge in [0.1, 0.15) is 6.61 Å². The van der Waals surface area contributed by atoms with Crippen LogP contribution in [0, 0.1) is 0 Å². The van der Waals surface area contributed by atoms with E-state index in [9.17, 15) is 14.4 Å². The minimum absolute atomic E-state index is 0.0452. The van der Waals surface area contributed by atoms with Crippen LogP contribution in [0.25, 0.3) is 0 Å². The van der Waals surface area contributed by atoms with Crippen molar-refractivity contribution < 1.29 is 23.9 Å². The largest absolute Gasteiger partial charge is 0.469 e. The van der Waals surface area contributed by atoms with E-state index in [1.54, 1.807) is 24.3 Å². The van der Waals surface area contributed by atoms with Crippen LogP contribution in [-0.4, -0.2) is 49.6 Å². The summed E-state index contributed by atoms with van der Waals surface area (Å²) in [5.74, 6) is -0.652. The van der Waals surface area contributed by atoms with Crippen molar-refractivity contribution in [1.29, 1.82) is 0 Å². The zero-order chi connectivity index (χ0) is 20.2. The van der Waals surface area contributed by atoms with Gasteiger partial charge >= 0.3 is 12.1 Å². The van der Waals surface area contributed by atoms with Crippen LogP contribution in [-0.2, 0) is 20.9 Å². The molecule has 7 heteroatoms. The second kappa shape index (κ2) is 11.4. The molecule has 0 saturated carbocycles. The molecule has 0 aromatic heterocycles. The molecule has 0 radical (unpaired) electrons. The zero-order valence-electron chi connectivity index (χ0n) is 15.8. The fourth-order valence-corrected chi connectivity index (χ4v) is 2.43. The van der Waals surface area contributed by atoms with Gasteiger partial charge in [0.2, 0.25) is 0 Å². The Morgan fingerprint density at radius 3 is 2.21 bits per heavy atom. The number of hydrogen-bond acceptors (Lipinski definition) is 5. The van der Waals surface area contributed by atoms with Gasteiger partial charge in [-0.05, 0) is 17.7 Å². The average molecular weight is 384 g/mol. The number of carbonyl (C=O) groups excluding carboxylic acids is 3. The van der Waals surface area contributed by atoms with Crippen LogP contribution in [0.5, 0.6) is 0 Å². The summed E-state index contributed by atoms with van der Waals surface area (Å²) in [5.41, 5.74) is 1.40. The van der Waals surface area contributed by atoms with Crippen LogP contribution in [0.15, 0.2) is 60.7 Å². The van der Waals surface area contributed by atoms with Crippen molar-refractivity contribution in [1.82, 2.24) is 10.2 Å². The SMILES string of the molecule is COC(=O)CCN(CCNC(=O)c1ccccc1)C(=O)OCc1ccccc1. The minimum atomic E-state index is -0.554. The highest BCUT2D eigenvalue weighted by molar-refractivity contribution is 5.94. The molecule has 0 aliphatic heterocycles. The lowest BCUT2D eigenvalue weighted by Gasteiger charge is -2.22. The Balaban J connectivity index is 1.87. The van der Waals surface area contributed by atoms with Gasteiger partial charge in [-0.3, -0.25) is 9.59 Å². The van der Waals surface area contributed by atoms with Gasteiger partial charge in [0, 0.05) is 25.2 Å². The Labute approximate surface area is 164 Å². The summed E-state index contributed by atoms with van der Waals surface area (Å²) in [5, 5.41) is 2.76. The first-order valence-electron chi connectivity index (χ1n) is 8.96. The topological polar surface area (TPSA) is 84.9 Å². The second-order valence-corrected chi connectivity index (χ2v) is 5.98. The second-order valence-electron chi connectivity index (χ2n) is 5.98. The molecule has 2 amide bonds. The van der Waals surface area contributed by atoms with E-state index in [0.29, 0.717) is 5.56 Å². The van der Waals surface area contributed by atoms with E-state index in [2.05, 4.69) is 10.1 Å². The van der Waals surface area contributed by atoms with Gasteiger partial charge in [-0.15, -0.1) is 0 Å². The van der Waals surface area contributed by atoms with Crippen molar-refractivity contribution in [2.75, 3.05) is 26.7 Å². The van der Waals surface area contributed by atoms with E-state index in [0.717, 1.165) is 5.56 Å². The number of ether oxygens (including phenoxy) is 2. The van der Waals surface area contributed by atoms with Crippen LogP contribution in [0.2, 0.25) is 0 Å². The molecule has 2 rings (SSSR count). The van der Waals surface area contributed by atoms with E-state index in [1.807, 2.05) is 36.4 Å². The number of carbonyl (C=O) groups is 3. The van der Waals surface area contributed by atoms with Crippen LogP contribution < -0.4 is 5.32 Å². The Morgan fingerprint density at radius 2 is 1.57 bits per heavy atom. The Kier molecular flexibility index (Phi) is 8.52. The van der Waals surface area contributed by atoms with E-state index in [4.69, 9.17) is 4.74 Å². The third-order valence-electron chi connectivity index (χ3n) is 3.98. The summed E-state index contributed by atoms with van der Waals surface area (Å²) >= 11 is 0. The first-order chi connectivity index (χ1) is 13.6. The molecule has 0 aliphatic carbocycles. The van der Waals surface area contributed by atoms with Crippen LogP contribution in [0.4, 0.5) is 4.79 Å². The molecule has 0 heterocycles. The van der Waals surface area contributed by atoms with Crippen molar-refractivity contribution in [2.45, 2.75) is 13.0 Å². The van der Waals surface area contributed by atoms with Crippen LogP contribution >= 0.6 is 0 Å². The average Bonchev–Trinajstić information content (AvgIpc) is 2.75. The Hall–Kier alpha value is -3.35. The van der Waals surface area contributed by atoms with Crippen molar-refractivity contribution in [2.24, 2.45) is 0 Å². The quantitative estimate of drug-likeness (QED) is 0.672. The predicted molar refractivity (Wildman–Crippen MR) is 104 cm³/mol. The summed E-state index contributed by atoms with van der Waals surface area (Å²) in [6.07, 6.45) is -0.509. The van der Waals surface area contributed by atoms with Gasteiger partial charge in [0.05, 0.1) is 13.5 Å². The van der Waals surface area contributed by atoms with Gasteiger partial charge in [0.25, 0.3) is 5.91 Å². The van der Waals surface area contributed by atoms with Gasteiger partial charge < -0.3 is 19.7 Å². The van der Waals surface area contributed by atoms with Crippen molar-refractivity contribution >= 4 is 18.0 Å². The molecule has 1 N–H and O–H groups in total. The molecular weight excluding hydrogens is 360 g/mol. The minimum Gasteiger partial charge on any atom is -0.469 e. The van der Waals surface area contributed by atoms with Gasteiger partial charge in [-0.2, -0.15) is 0 Å². The number of hydrogen-bond donors (Lipinski definition) is 1. The lowest BCUT2D eigenvalue weighted by Crippen LogP contribution is -2.40. The van der Waals surface area contributed by atoms with Gasteiger partial charge in [-0.1, -0.05) is 48.5 Å². The number of amides is 2. The van der Waals surface area contributed by atoms with E-state index in [-0.39, 0.29) is 38.6 Å². The summed E-state index contributed by atoms with van der Waals surface area (Å²) < 4.78 is 9.94. The lowest BCUT2D eigenvalue weighted by atomic mass is 10.2. The maximum atomic E-state index is 12.4. The van der Waals surface area contributed by atoms with E-state index < -0.39 is 12.1 Å². The first kappa shape index (κ1) is 21.0. The molecule has 0 bridgehead atoms. The standard InChI is InChI=1S/C21H24N2O5/c1-27-19(24)12-14-23(21(26)28-16-17-8-4-2-5-9-17)15-13-22-20(25)18-10-6-3-7-11-18/h2-11H,12-16H2,1H3,(H,22,25). The Morgan fingerprint density at radius 1 is 0.929 bits per heavy atom. The normalized spacial score (nSPS) is 10.0. The number of benzene rings is 2. The highest BCUT2D eigenvalue weighted by Crippen LogP contribution is 2.04. The molecule has 28 heavy (non-hydrogen) atoms. The summed E-state index contributed by atoms with van der Waals surface area (Å²) in [6, 6.07) is 18.1. The van der Waals surface area contributed by atoms with E-state index in [1.165, 1.54) is 12.0 Å². The molecule has 7 nitrogen and oxygen atoms in total. The number of esters is 1. The highest BCUT2D eigenvalue weighted by atomic mass is 16.6. The zero-order valence-corrected chi connectivity index (χ0v) is 15.8. The molecule has 2 aromatic rings. The molecule has 0 saturated heterocycles. The van der Waals surface area contributed by atoms with Crippen molar-refractivity contribution in [3.8, 4) is 0 Å². The molecular formula is C21H24N2O5. The monoisotopic (exact) mass is 384 g/mol. The lowest BCUT2D eigenvalue weighted by molar-refractivity contribution is -0.140. The maximum Gasteiger partial charge on any atom is 0.410 e. The highest BCUT2D eigenvalue weighted by Gasteiger charge is 2.17.